The van der Waals surface area contributed by atoms with Crippen LogP contribution in [0.3, 0.4) is 0 Å². The van der Waals surface area contributed by atoms with E-state index in [-0.39, 0.29) is 0 Å². The highest BCUT2D eigenvalue weighted by Crippen LogP contribution is 2.22. The van der Waals surface area contributed by atoms with Crippen LogP contribution in [-0.4, -0.2) is 5.54 Å². The van der Waals surface area contributed by atoms with E-state index >= 15 is 0 Å². The molecule has 0 aliphatic heterocycles. The van der Waals surface area contributed by atoms with Gasteiger partial charge >= 0.3 is 0 Å². The monoisotopic (exact) mass is 194 g/mol. The second kappa shape index (κ2) is 6.03. The van der Waals surface area contributed by atoms with Gasteiger partial charge in [0.25, 0.3) is 0 Å². The SMILES string of the molecule is N#CC1(N)CCCCCCCCCC1. The van der Waals surface area contributed by atoms with Crippen LogP contribution in [0.4, 0.5) is 0 Å². The van der Waals surface area contributed by atoms with E-state index in [2.05, 4.69) is 6.07 Å². The van der Waals surface area contributed by atoms with E-state index in [0.29, 0.717) is 0 Å². The van der Waals surface area contributed by atoms with Gasteiger partial charge in [-0.1, -0.05) is 51.4 Å². The highest BCUT2D eigenvalue weighted by molar-refractivity contribution is 5.04. The highest BCUT2D eigenvalue weighted by atomic mass is 14.7. The van der Waals surface area contributed by atoms with E-state index in [0.717, 1.165) is 25.7 Å². The maximum absolute atomic E-state index is 9.02. The fourth-order valence-electron chi connectivity index (χ4n) is 2.18. The van der Waals surface area contributed by atoms with Gasteiger partial charge in [-0.2, -0.15) is 5.26 Å². The summed E-state index contributed by atoms with van der Waals surface area (Å²) < 4.78 is 0. The van der Waals surface area contributed by atoms with Crippen LogP contribution in [0.5, 0.6) is 0 Å². The van der Waals surface area contributed by atoms with E-state index < -0.39 is 5.54 Å². The molecule has 0 amide bonds. The largest absolute Gasteiger partial charge is 0.313 e. The molecule has 0 aromatic carbocycles. The number of hydrogen-bond donors (Lipinski definition) is 1. The first-order valence-corrected chi connectivity index (χ1v) is 5.97. The predicted molar refractivity (Wildman–Crippen MR) is 58.7 cm³/mol. The highest BCUT2D eigenvalue weighted by Gasteiger charge is 2.23. The first-order chi connectivity index (χ1) is 6.77. The van der Waals surface area contributed by atoms with Gasteiger partial charge in [-0.05, 0) is 12.8 Å². The minimum Gasteiger partial charge on any atom is -0.313 e. The Kier molecular flexibility index (Phi) is 4.97. The van der Waals surface area contributed by atoms with Gasteiger partial charge in [-0.3, -0.25) is 0 Å². The van der Waals surface area contributed by atoms with E-state index in [9.17, 15) is 0 Å². The molecule has 0 aromatic rings. The Bertz CT molecular complexity index is 181. The molecular formula is C12H22N2. The Morgan fingerprint density at radius 1 is 0.786 bits per heavy atom. The van der Waals surface area contributed by atoms with E-state index in [1.165, 1.54) is 38.5 Å². The van der Waals surface area contributed by atoms with Crippen molar-refractivity contribution in [3.05, 3.63) is 0 Å². The average molecular weight is 194 g/mol. The molecule has 0 bridgehead atoms. The standard InChI is InChI=1S/C12H22N2/c13-11-12(14)9-7-5-3-1-2-4-6-8-10-12/h1-10,14H2. The smallest absolute Gasteiger partial charge is 0.104 e. The van der Waals surface area contributed by atoms with Crippen LogP contribution in [0.2, 0.25) is 0 Å². The van der Waals surface area contributed by atoms with Gasteiger partial charge in [-0.15, -0.1) is 0 Å². The van der Waals surface area contributed by atoms with Crippen molar-refractivity contribution in [2.24, 2.45) is 5.73 Å². The summed E-state index contributed by atoms with van der Waals surface area (Å²) >= 11 is 0. The summed E-state index contributed by atoms with van der Waals surface area (Å²) in [6, 6.07) is 2.29. The molecule has 0 atom stereocenters. The van der Waals surface area contributed by atoms with Gasteiger partial charge in [0, 0.05) is 0 Å². The zero-order chi connectivity index (χ0) is 10.3. The Labute approximate surface area is 87.5 Å². The molecular weight excluding hydrogens is 172 g/mol. The Morgan fingerprint density at radius 2 is 1.14 bits per heavy atom. The molecule has 0 radical (unpaired) electrons. The van der Waals surface area contributed by atoms with Crippen molar-refractivity contribution in [1.29, 1.82) is 5.26 Å². The Hall–Kier alpha value is -0.550. The number of nitriles is 1. The summed E-state index contributed by atoms with van der Waals surface area (Å²) in [6.45, 7) is 0. The molecule has 1 fully saturated rings. The normalized spacial score (nSPS) is 24.6. The number of nitrogens with two attached hydrogens (primary N) is 1. The lowest BCUT2D eigenvalue weighted by Gasteiger charge is -2.20. The molecule has 0 heterocycles. The molecule has 0 aromatic heterocycles. The van der Waals surface area contributed by atoms with Crippen LogP contribution < -0.4 is 5.73 Å². The zero-order valence-electron chi connectivity index (χ0n) is 9.10. The lowest BCUT2D eigenvalue weighted by atomic mass is 9.89. The Balaban J connectivity index is 2.40. The third kappa shape index (κ3) is 4.11. The summed E-state index contributed by atoms with van der Waals surface area (Å²) in [6.07, 6.45) is 11.9. The Morgan fingerprint density at radius 3 is 1.50 bits per heavy atom. The topological polar surface area (TPSA) is 49.8 Å². The zero-order valence-corrected chi connectivity index (χ0v) is 9.10. The molecule has 1 rings (SSSR count). The first-order valence-electron chi connectivity index (χ1n) is 5.97. The summed E-state index contributed by atoms with van der Waals surface area (Å²) in [4.78, 5) is 0. The number of hydrogen-bond acceptors (Lipinski definition) is 2. The maximum Gasteiger partial charge on any atom is 0.104 e. The molecule has 1 aliphatic rings. The minimum absolute atomic E-state index is 0.523. The molecule has 2 heteroatoms. The summed E-state index contributed by atoms with van der Waals surface area (Å²) in [5.74, 6) is 0. The van der Waals surface area contributed by atoms with Crippen molar-refractivity contribution in [3.8, 4) is 6.07 Å². The molecule has 1 aliphatic carbocycles. The van der Waals surface area contributed by atoms with Crippen molar-refractivity contribution < 1.29 is 0 Å². The number of nitrogens with zero attached hydrogens (tertiary/aromatic N) is 1. The summed E-state index contributed by atoms with van der Waals surface area (Å²) in [7, 11) is 0. The molecule has 1 saturated carbocycles. The average Bonchev–Trinajstić information content (AvgIpc) is 2.24. The second-order valence-electron chi connectivity index (χ2n) is 4.60. The van der Waals surface area contributed by atoms with Crippen LogP contribution in [-0.2, 0) is 0 Å². The molecule has 0 saturated heterocycles. The molecule has 0 spiro atoms. The predicted octanol–water partition coefficient (Wildman–Crippen LogP) is 3.12. The van der Waals surface area contributed by atoms with Gasteiger partial charge in [0.2, 0.25) is 0 Å². The van der Waals surface area contributed by atoms with Gasteiger partial charge < -0.3 is 5.73 Å². The molecule has 80 valence electrons. The molecule has 2 nitrogen and oxygen atoms in total. The van der Waals surface area contributed by atoms with Crippen LogP contribution >= 0.6 is 0 Å². The van der Waals surface area contributed by atoms with Crippen molar-refractivity contribution in [1.82, 2.24) is 0 Å². The van der Waals surface area contributed by atoms with Gasteiger partial charge in [0.1, 0.15) is 5.54 Å². The quantitative estimate of drug-likeness (QED) is 0.644. The van der Waals surface area contributed by atoms with Gasteiger partial charge in [-0.25, -0.2) is 0 Å². The van der Waals surface area contributed by atoms with Gasteiger partial charge in [0.05, 0.1) is 6.07 Å². The molecule has 0 unspecified atom stereocenters. The lowest BCUT2D eigenvalue weighted by molar-refractivity contribution is 0.424. The summed E-state index contributed by atoms with van der Waals surface area (Å²) in [5, 5.41) is 9.02. The van der Waals surface area contributed by atoms with Crippen LogP contribution in [0.15, 0.2) is 0 Å². The van der Waals surface area contributed by atoms with E-state index in [1.807, 2.05) is 0 Å². The maximum atomic E-state index is 9.02. The van der Waals surface area contributed by atoms with Crippen molar-refractivity contribution in [3.63, 3.8) is 0 Å². The summed E-state index contributed by atoms with van der Waals surface area (Å²) in [5.41, 5.74) is 5.51. The molecule has 14 heavy (non-hydrogen) atoms. The van der Waals surface area contributed by atoms with Crippen molar-refractivity contribution in [2.75, 3.05) is 0 Å². The third-order valence-corrected chi connectivity index (χ3v) is 3.22. The van der Waals surface area contributed by atoms with Gasteiger partial charge in [0.15, 0.2) is 0 Å². The second-order valence-corrected chi connectivity index (χ2v) is 4.60. The van der Waals surface area contributed by atoms with Crippen LogP contribution in [0.1, 0.15) is 64.2 Å². The van der Waals surface area contributed by atoms with Crippen molar-refractivity contribution in [2.45, 2.75) is 69.7 Å². The minimum atomic E-state index is -0.523. The fourth-order valence-corrected chi connectivity index (χ4v) is 2.18. The van der Waals surface area contributed by atoms with Crippen LogP contribution in [0.25, 0.3) is 0 Å². The lowest BCUT2D eigenvalue weighted by Crippen LogP contribution is -2.37. The van der Waals surface area contributed by atoms with E-state index in [1.54, 1.807) is 0 Å². The van der Waals surface area contributed by atoms with Crippen LogP contribution in [0, 0.1) is 11.3 Å². The molecule has 2 N–H and O–H groups in total. The first kappa shape index (κ1) is 11.5. The number of rotatable bonds is 0. The van der Waals surface area contributed by atoms with Crippen molar-refractivity contribution >= 4 is 0 Å². The van der Waals surface area contributed by atoms with E-state index in [4.69, 9.17) is 11.0 Å². The fraction of sp³-hybridized carbons (Fsp3) is 0.917. The third-order valence-electron chi connectivity index (χ3n) is 3.22.